The molecule has 1 unspecified atom stereocenters. The van der Waals surface area contributed by atoms with Crippen LogP contribution in [-0.2, 0) is 0 Å². The third-order valence-corrected chi connectivity index (χ3v) is 3.89. The van der Waals surface area contributed by atoms with Crippen LogP contribution in [0.3, 0.4) is 0 Å². The Kier molecular flexibility index (Phi) is 3.62. The van der Waals surface area contributed by atoms with E-state index in [2.05, 4.69) is 24.2 Å². The summed E-state index contributed by atoms with van der Waals surface area (Å²) in [6, 6.07) is 7.84. The molecule has 16 heavy (non-hydrogen) atoms. The minimum Gasteiger partial charge on any atom is -0.241 e. The lowest BCUT2D eigenvalue weighted by Gasteiger charge is -2.02. The molecule has 0 aliphatic heterocycles. The quantitative estimate of drug-likeness (QED) is 0.750. The Bertz CT molecular complexity index is 461. The number of aromatic nitrogens is 1. The zero-order valence-electron chi connectivity index (χ0n) is 9.40. The Hall–Kier alpha value is -0.860. The van der Waals surface area contributed by atoms with Gasteiger partial charge in [0.25, 0.3) is 0 Å². The molecule has 0 fully saturated rings. The molecular weight excluding hydrogens is 238 g/mol. The van der Waals surface area contributed by atoms with Crippen molar-refractivity contribution in [2.45, 2.75) is 26.2 Å². The van der Waals surface area contributed by atoms with Crippen LogP contribution >= 0.6 is 22.9 Å². The lowest BCUT2D eigenvalue weighted by Crippen LogP contribution is -1.90. The lowest BCUT2D eigenvalue weighted by molar-refractivity contribution is 0.714. The zero-order valence-corrected chi connectivity index (χ0v) is 11.0. The summed E-state index contributed by atoms with van der Waals surface area (Å²) in [5, 5.41) is 3.99. The zero-order chi connectivity index (χ0) is 11.5. The van der Waals surface area contributed by atoms with Crippen molar-refractivity contribution < 1.29 is 0 Å². The van der Waals surface area contributed by atoms with Crippen molar-refractivity contribution in [1.29, 1.82) is 0 Å². The molecule has 0 bridgehead atoms. The first-order chi connectivity index (χ1) is 7.70. The fourth-order valence-electron chi connectivity index (χ4n) is 1.45. The first-order valence-electron chi connectivity index (χ1n) is 5.42. The van der Waals surface area contributed by atoms with Gasteiger partial charge in [-0.3, -0.25) is 0 Å². The van der Waals surface area contributed by atoms with Gasteiger partial charge < -0.3 is 0 Å². The Morgan fingerprint density at radius 1 is 1.31 bits per heavy atom. The van der Waals surface area contributed by atoms with Gasteiger partial charge in [-0.1, -0.05) is 37.6 Å². The number of hydrogen-bond acceptors (Lipinski definition) is 2. The van der Waals surface area contributed by atoms with E-state index in [9.17, 15) is 0 Å². The molecule has 84 valence electrons. The average molecular weight is 252 g/mol. The van der Waals surface area contributed by atoms with Crippen molar-refractivity contribution in [3.63, 3.8) is 0 Å². The number of thiazole rings is 1. The van der Waals surface area contributed by atoms with E-state index in [4.69, 9.17) is 11.6 Å². The molecule has 0 aliphatic rings. The lowest BCUT2D eigenvalue weighted by atomic mass is 10.1. The maximum absolute atomic E-state index is 5.86. The number of hydrogen-bond donors (Lipinski definition) is 0. The van der Waals surface area contributed by atoms with Crippen LogP contribution in [0.25, 0.3) is 10.6 Å². The largest absolute Gasteiger partial charge is 0.241 e. The van der Waals surface area contributed by atoms with Gasteiger partial charge in [0.1, 0.15) is 5.01 Å². The van der Waals surface area contributed by atoms with Crippen LogP contribution in [0.1, 0.15) is 31.9 Å². The van der Waals surface area contributed by atoms with E-state index in [1.54, 1.807) is 11.3 Å². The third kappa shape index (κ3) is 2.45. The van der Waals surface area contributed by atoms with Gasteiger partial charge in [-0.05, 0) is 24.5 Å². The highest BCUT2D eigenvalue weighted by Gasteiger charge is 2.09. The summed E-state index contributed by atoms with van der Waals surface area (Å²) in [5.41, 5.74) is 2.33. The van der Waals surface area contributed by atoms with Crippen molar-refractivity contribution in [2.24, 2.45) is 0 Å². The molecule has 1 aromatic carbocycles. The summed E-state index contributed by atoms with van der Waals surface area (Å²) in [6.45, 7) is 4.40. The fourth-order valence-corrected chi connectivity index (χ4v) is 2.52. The van der Waals surface area contributed by atoms with Crippen molar-refractivity contribution in [3.8, 4) is 10.6 Å². The van der Waals surface area contributed by atoms with Gasteiger partial charge in [-0.2, -0.15) is 0 Å². The van der Waals surface area contributed by atoms with Crippen LogP contribution < -0.4 is 0 Å². The molecule has 2 aromatic rings. The standard InChI is InChI=1S/C13H14ClNS/c1-3-9(2)12-8-16-13(15-12)10-4-6-11(14)7-5-10/h4-9H,3H2,1-2H3. The SMILES string of the molecule is CCC(C)c1csc(-c2ccc(Cl)cc2)n1. The first kappa shape index (κ1) is 11.6. The second-order valence-corrected chi connectivity index (χ2v) is 5.19. The monoisotopic (exact) mass is 251 g/mol. The minimum atomic E-state index is 0.539. The molecule has 1 nitrogen and oxygen atoms in total. The van der Waals surface area contributed by atoms with Crippen LogP contribution in [0, 0.1) is 0 Å². The molecular formula is C13H14ClNS. The van der Waals surface area contributed by atoms with Gasteiger partial charge in [-0.25, -0.2) is 4.98 Å². The van der Waals surface area contributed by atoms with E-state index in [-0.39, 0.29) is 0 Å². The van der Waals surface area contributed by atoms with Gasteiger partial charge in [0.05, 0.1) is 5.69 Å². The van der Waals surface area contributed by atoms with Gasteiger partial charge in [0.15, 0.2) is 0 Å². The molecule has 0 radical (unpaired) electrons. The van der Waals surface area contributed by atoms with Crippen LogP contribution in [0.4, 0.5) is 0 Å². The normalized spacial score (nSPS) is 12.7. The van der Waals surface area contributed by atoms with Crippen molar-refractivity contribution in [1.82, 2.24) is 4.98 Å². The predicted molar refractivity (Wildman–Crippen MR) is 71.3 cm³/mol. The number of nitrogens with zero attached hydrogens (tertiary/aromatic N) is 1. The molecule has 1 atom stereocenters. The van der Waals surface area contributed by atoms with Crippen LogP contribution in [0.2, 0.25) is 5.02 Å². The third-order valence-electron chi connectivity index (χ3n) is 2.73. The van der Waals surface area contributed by atoms with Gasteiger partial charge in [0.2, 0.25) is 0 Å². The fraction of sp³-hybridized carbons (Fsp3) is 0.308. The highest BCUT2D eigenvalue weighted by molar-refractivity contribution is 7.13. The summed E-state index contributed by atoms with van der Waals surface area (Å²) < 4.78 is 0. The van der Waals surface area contributed by atoms with Crippen LogP contribution in [-0.4, -0.2) is 4.98 Å². The van der Waals surface area contributed by atoms with Gasteiger partial charge >= 0.3 is 0 Å². The van der Waals surface area contributed by atoms with Gasteiger partial charge in [0, 0.05) is 16.0 Å². The molecule has 2 rings (SSSR count). The Morgan fingerprint density at radius 2 is 2.00 bits per heavy atom. The minimum absolute atomic E-state index is 0.539. The summed E-state index contributed by atoms with van der Waals surface area (Å²) in [7, 11) is 0. The molecule has 0 N–H and O–H groups in total. The smallest absolute Gasteiger partial charge is 0.123 e. The van der Waals surface area contributed by atoms with Crippen LogP contribution in [0.5, 0.6) is 0 Å². The molecule has 0 saturated carbocycles. The second kappa shape index (κ2) is 4.98. The maximum atomic E-state index is 5.86. The molecule has 3 heteroatoms. The van der Waals surface area contributed by atoms with Crippen molar-refractivity contribution in [3.05, 3.63) is 40.4 Å². The Labute approximate surface area is 105 Å². The van der Waals surface area contributed by atoms with E-state index < -0.39 is 0 Å². The summed E-state index contributed by atoms with van der Waals surface area (Å²) in [6.07, 6.45) is 1.13. The molecule has 0 aliphatic carbocycles. The molecule has 0 amide bonds. The molecule has 0 saturated heterocycles. The first-order valence-corrected chi connectivity index (χ1v) is 6.68. The number of halogens is 1. The summed E-state index contributed by atoms with van der Waals surface area (Å²) >= 11 is 7.56. The van der Waals surface area contributed by atoms with E-state index in [1.165, 1.54) is 5.69 Å². The van der Waals surface area contributed by atoms with Crippen LogP contribution in [0.15, 0.2) is 29.6 Å². The molecule has 0 spiro atoms. The average Bonchev–Trinajstić information content (AvgIpc) is 2.78. The van der Waals surface area contributed by atoms with E-state index in [1.807, 2.05) is 24.3 Å². The highest BCUT2D eigenvalue weighted by Crippen LogP contribution is 2.28. The predicted octanol–water partition coefficient (Wildman–Crippen LogP) is 4.98. The maximum Gasteiger partial charge on any atom is 0.123 e. The molecule has 1 heterocycles. The summed E-state index contributed by atoms with van der Waals surface area (Å²) in [5.74, 6) is 0.539. The molecule has 1 aromatic heterocycles. The van der Waals surface area contributed by atoms with E-state index in [0.717, 1.165) is 22.0 Å². The number of benzene rings is 1. The second-order valence-electron chi connectivity index (χ2n) is 3.89. The van der Waals surface area contributed by atoms with E-state index >= 15 is 0 Å². The van der Waals surface area contributed by atoms with Crippen molar-refractivity contribution >= 4 is 22.9 Å². The highest BCUT2D eigenvalue weighted by atomic mass is 35.5. The topological polar surface area (TPSA) is 12.9 Å². The summed E-state index contributed by atoms with van der Waals surface area (Å²) in [4.78, 5) is 4.66. The Balaban J connectivity index is 2.28. The van der Waals surface area contributed by atoms with Gasteiger partial charge in [-0.15, -0.1) is 11.3 Å². The number of rotatable bonds is 3. The van der Waals surface area contributed by atoms with E-state index in [0.29, 0.717) is 5.92 Å². The van der Waals surface area contributed by atoms with Crippen molar-refractivity contribution in [2.75, 3.05) is 0 Å². The Morgan fingerprint density at radius 3 is 2.62 bits per heavy atom.